The highest BCUT2D eigenvalue weighted by Gasteiger charge is 2.21. The maximum atomic E-state index is 6.22. The number of hydrogen-bond donors (Lipinski definition) is 0. The van der Waals surface area contributed by atoms with Crippen LogP contribution < -0.4 is 0 Å². The first-order valence-electron chi connectivity index (χ1n) is 18.2. The fraction of sp³-hybridized carbons (Fsp3) is 0. The fourth-order valence-electron chi connectivity index (χ4n) is 7.81. The number of pyridine rings is 2. The summed E-state index contributed by atoms with van der Waals surface area (Å²) in [7, 11) is 0. The highest BCUT2D eigenvalue weighted by Crippen LogP contribution is 2.41. The molecule has 7 aromatic carbocycles. The second-order valence-corrected chi connectivity index (χ2v) is 13.6. The van der Waals surface area contributed by atoms with E-state index in [0.717, 1.165) is 72.4 Å². The third kappa shape index (κ3) is 5.23. The molecule has 0 saturated heterocycles. The Hall–Kier alpha value is -7.57. The van der Waals surface area contributed by atoms with Crippen molar-refractivity contribution in [1.29, 1.82) is 0 Å². The maximum Gasteiger partial charge on any atom is 0.229 e. The highest BCUT2D eigenvalue weighted by atomic mass is 16.3. The summed E-state index contributed by atoms with van der Waals surface area (Å²) in [4.78, 5) is 25.1. The van der Waals surface area contributed by atoms with E-state index < -0.39 is 0 Å². The number of nitrogens with zero attached hydrogens (tertiary/aromatic N) is 5. The van der Waals surface area contributed by atoms with Gasteiger partial charge in [-0.2, -0.15) is 4.98 Å². The van der Waals surface area contributed by atoms with E-state index in [1.807, 2.05) is 60.7 Å². The molecule has 0 spiro atoms. The molecule has 55 heavy (non-hydrogen) atoms. The number of rotatable bonds is 5. The van der Waals surface area contributed by atoms with Crippen LogP contribution in [0, 0.1) is 0 Å². The molecule has 0 atom stereocenters. The van der Waals surface area contributed by atoms with Crippen molar-refractivity contribution in [2.24, 2.45) is 0 Å². The van der Waals surface area contributed by atoms with Gasteiger partial charge in [0, 0.05) is 22.9 Å². The summed E-state index contributed by atoms with van der Waals surface area (Å²) < 4.78 is 6.22. The van der Waals surface area contributed by atoms with E-state index in [4.69, 9.17) is 24.4 Å². The van der Waals surface area contributed by atoms with E-state index in [2.05, 4.69) is 114 Å². The monoisotopic (exact) mass is 703 g/mol. The number of aromatic nitrogens is 5. The lowest BCUT2D eigenvalue weighted by Gasteiger charge is -2.16. The van der Waals surface area contributed by atoms with Crippen LogP contribution in [0.25, 0.3) is 111 Å². The Labute approximate surface area is 315 Å². The molecule has 6 heteroatoms. The Morgan fingerprint density at radius 3 is 1.78 bits per heavy atom. The van der Waals surface area contributed by atoms with Gasteiger partial charge in [0.05, 0.1) is 28.1 Å². The molecule has 0 aliphatic rings. The minimum absolute atomic E-state index is 0.528. The Balaban J connectivity index is 1.21. The molecule has 0 bridgehead atoms. The summed E-state index contributed by atoms with van der Waals surface area (Å²) >= 11 is 0. The molecule has 4 aromatic heterocycles. The average molecular weight is 704 g/mol. The van der Waals surface area contributed by atoms with Crippen LogP contribution >= 0.6 is 0 Å². The molecule has 0 aliphatic heterocycles. The van der Waals surface area contributed by atoms with E-state index in [1.165, 1.54) is 21.5 Å². The summed E-state index contributed by atoms with van der Waals surface area (Å²) in [5.41, 5.74) is 10.9. The van der Waals surface area contributed by atoms with Crippen LogP contribution in [0.1, 0.15) is 0 Å². The zero-order valence-corrected chi connectivity index (χ0v) is 29.4. The Morgan fingerprint density at radius 1 is 0.382 bits per heavy atom. The summed E-state index contributed by atoms with van der Waals surface area (Å²) in [6.07, 6.45) is 1.73. The number of fused-ring (bicyclic) bond motifs is 6. The Morgan fingerprint density at radius 2 is 1.00 bits per heavy atom. The van der Waals surface area contributed by atoms with E-state index in [-0.39, 0.29) is 0 Å². The van der Waals surface area contributed by atoms with Crippen LogP contribution in [-0.4, -0.2) is 24.9 Å². The molecule has 11 aromatic rings. The van der Waals surface area contributed by atoms with Gasteiger partial charge >= 0.3 is 0 Å². The van der Waals surface area contributed by atoms with Gasteiger partial charge in [-0.15, -0.1) is 0 Å². The van der Waals surface area contributed by atoms with Crippen molar-refractivity contribution in [2.45, 2.75) is 0 Å². The normalized spacial score (nSPS) is 11.6. The number of benzene rings is 7. The van der Waals surface area contributed by atoms with Gasteiger partial charge in [-0.25, -0.2) is 19.9 Å². The van der Waals surface area contributed by atoms with E-state index in [1.54, 1.807) is 6.20 Å². The van der Waals surface area contributed by atoms with Gasteiger partial charge in [0.2, 0.25) is 5.89 Å². The van der Waals surface area contributed by atoms with Crippen LogP contribution in [0.3, 0.4) is 0 Å². The molecule has 0 saturated carbocycles. The molecular weight excluding hydrogens is 675 g/mol. The number of para-hydroxylation sites is 2. The predicted molar refractivity (Wildman–Crippen MR) is 222 cm³/mol. The van der Waals surface area contributed by atoms with Crippen molar-refractivity contribution in [1.82, 2.24) is 24.9 Å². The SMILES string of the molecule is c1ccc(-c2nc3ccccc3nc2-c2cc(-c3cc4ccccc4c4ccccc34)cc(-c3ccc(-c4nc5ncccc5o4)c4ccccc34)n2)cc1. The molecule has 0 unspecified atom stereocenters. The molecule has 0 aliphatic carbocycles. The molecule has 11 rings (SSSR count). The smallest absolute Gasteiger partial charge is 0.229 e. The van der Waals surface area contributed by atoms with Crippen molar-refractivity contribution in [3.63, 3.8) is 0 Å². The van der Waals surface area contributed by atoms with Gasteiger partial charge in [0.25, 0.3) is 0 Å². The van der Waals surface area contributed by atoms with E-state index in [9.17, 15) is 0 Å². The lowest BCUT2D eigenvalue weighted by atomic mass is 9.91. The van der Waals surface area contributed by atoms with E-state index in [0.29, 0.717) is 17.1 Å². The molecule has 0 fully saturated rings. The summed E-state index contributed by atoms with van der Waals surface area (Å²) in [5.74, 6) is 0.528. The van der Waals surface area contributed by atoms with Crippen molar-refractivity contribution >= 4 is 54.6 Å². The van der Waals surface area contributed by atoms with Gasteiger partial charge < -0.3 is 4.42 Å². The van der Waals surface area contributed by atoms with Gasteiger partial charge in [0.15, 0.2) is 11.2 Å². The van der Waals surface area contributed by atoms with E-state index >= 15 is 0 Å². The zero-order valence-electron chi connectivity index (χ0n) is 29.4. The quantitative estimate of drug-likeness (QED) is 0.166. The highest BCUT2D eigenvalue weighted by molar-refractivity contribution is 6.14. The minimum atomic E-state index is 0.528. The zero-order chi connectivity index (χ0) is 36.3. The van der Waals surface area contributed by atoms with Crippen LogP contribution in [-0.2, 0) is 0 Å². The van der Waals surface area contributed by atoms with Crippen molar-refractivity contribution in [3.05, 3.63) is 176 Å². The van der Waals surface area contributed by atoms with Gasteiger partial charge in [0.1, 0.15) is 5.69 Å². The van der Waals surface area contributed by atoms with Crippen LogP contribution in [0.4, 0.5) is 0 Å². The summed E-state index contributed by atoms with van der Waals surface area (Å²) in [6.45, 7) is 0. The standard InChI is InChI=1S/C49H29N5O/c1-2-13-30(14-3-1)46-47(53-42-22-11-10-21-41(42)52-46)44-29-32(40-27-31-15-4-5-16-33(31)34-17-6-9-20-37(34)40)28-43(51-44)38-24-25-39(36-19-8-7-18-35(36)38)49-54-48-45(55-49)23-12-26-50-48/h1-29H. The maximum absolute atomic E-state index is 6.22. The molecule has 0 radical (unpaired) electrons. The first-order valence-corrected chi connectivity index (χ1v) is 18.2. The molecule has 6 nitrogen and oxygen atoms in total. The Kier molecular flexibility index (Phi) is 7.07. The second kappa shape index (κ2) is 12.5. The summed E-state index contributed by atoms with van der Waals surface area (Å²) in [6, 6.07) is 58.5. The molecule has 0 amide bonds. The average Bonchev–Trinajstić information content (AvgIpc) is 3.70. The van der Waals surface area contributed by atoms with Gasteiger partial charge in [-0.05, 0) is 92.0 Å². The first-order chi connectivity index (χ1) is 27.2. The van der Waals surface area contributed by atoms with Gasteiger partial charge in [-0.1, -0.05) is 121 Å². The predicted octanol–water partition coefficient (Wildman–Crippen LogP) is 12.4. The van der Waals surface area contributed by atoms with Gasteiger partial charge in [-0.3, -0.25) is 0 Å². The molecule has 4 heterocycles. The second-order valence-electron chi connectivity index (χ2n) is 13.6. The first kappa shape index (κ1) is 31.0. The number of hydrogen-bond acceptors (Lipinski definition) is 6. The van der Waals surface area contributed by atoms with Crippen LogP contribution in [0.5, 0.6) is 0 Å². The van der Waals surface area contributed by atoms with Crippen molar-refractivity contribution in [3.8, 4) is 56.5 Å². The topological polar surface area (TPSA) is 77.6 Å². The van der Waals surface area contributed by atoms with Crippen LogP contribution in [0.2, 0.25) is 0 Å². The Bertz CT molecular complexity index is 3250. The minimum Gasteiger partial charge on any atom is -0.434 e. The number of oxazole rings is 1. The third-order valence-corrected chi connectivity index (χ3v) is 10.4. The van der Waals surface area contributed by atoms with Crippen LogP contribution in [0.15, 0.2) is 180 Å². The molecule has 256 valence electrons. The lowest BCUT2D eigenvalue weighted by Crippen LogP contribution is -1.99. The summed E-state index contributed by atoms with van der Waals surface area (Å²) in [5, 5.41) is 6.80. The molecule has 0 N–H and O–H groups in total. The molecular formula is C49H29N5O. The van der Waals surface area contributed by atoms with Crippen molar-refractivity contribution < 1.29 is 4.42 Å². The third-order valence-electron chi connectivity index (χ3n) is 10.4. The fourth-order valence-corrected chi connectivity index (χ4v) is 7.81. The lowest BCUT2D eigenvalue weighted by molar-refractivity contribution is 0.620. The van der Waals surface area contributed by atoms with Crippen molar-refractivity contribution in [2.75, 3.05) is 0 Å². The largest absolute Gasteiger partial charge is 0.434 e.